The van der Waals surface area contributed by atoms with Crippen LogP contribution in [0.5, 0.6) is 5.75 Å². The van der Waals surface area contributed by atoms with Crippen LogP contribution in [0.1, 0.15) is 5.56 Å². The van der Waals surface area contributed by atoms with E-state index in [-0.39, 0.29) is 12.5 Å². The largest absolute Gasteiger partial charge is 0.482 e. The molecule has 0 aliphatic heterocycles. The Morgan fingerprint density at radius 1 is 0.971 bits per heavy atom. The van der Waals surface area contributed by atoms with Crippen molar-refractivity contribution in [2.24, 2.45) is 0 Å². The lowest BCUT2D eigenvalue weighted by molar-refractivity contribution is -0.118. The van der Waals surface area contributed by atoms with Gasteiger partial charge in [-0.05, 0) is 81.7 Å². The van der Waals surface area contributed by atoms with Crippen LogP contribution in [0.15, 0.2) is 84.6 Å². The monoisotopic (exact) mass is 642 g/mol. The van der Waals surface area contributed by atoms with E-state index >= 15 is 0 Å². The SMILES string of the molecule is Cc1cc(Br)cc(Br)c1OCC(=O)Nc1ccc2oc(-c3cccc4c(Br)cccc34)nc2c1. The summed E-state index contributed by atoms with van der Waals surface area (Å²) in [4.78, 5) is 17.2. The highest BCUT2D eigenvalue weighted by atomic mass is 79.9. The molecule has 0 aliphatic rings. The summed E-state index contributed by atoms with van der Waals surface area (Å²) in [7, 11) is 0. The molecule has 1 N–H and O–H groups in total. The van der Waals surface area contributed by atoms with Crippen molar-refractivity contribution in [1.29, 1.82) is 0 Å². The fourth-order valence-electron chi connectivity index (χ4n) is 3.79. The van der Waals surface area contributed by atoms with Gasteiger partial charge in [-0.25, -0.2) is 4.98 Å². The zero-order valence-corrected chi connectivity index (χ0v) is 22.6. The first-order chi connectivity index (χ1) is 16.4. The van der Waals surface area contributed by atoms with Gasteiger partial charge in [0.05, 0.1) is 4.47 Å². The number of rotatable bonds is 5. The molecule has 5 aromatic rings. The van der Waals surface area contributed by atoms with E-state index in [9.17, 15) is 4.79 Å². The van der Waals surface area contributed by atoms with Gasteiger partial charge in [0.1, 0.15) is 11.3 Å². The van der Waals surface area contributed by atoms with Gasteiger partial charge in [-0.1, -0.05) is 56.1 Å². The van der Waals surface area contributed by atoms with Crippen LogP contribution in [0, 0.1) is 6.92 Å². The van der Waals surface area contributed by atoms with E-state index in [1.807, 2.05) is 49.4 Å². The number of oxazole rings is 1. The number of nitrogens with zero attached hydrogens (tertiary/aromatic N) is 1. The highest BCUT2D eigenvalue weighted by molar-refractivity contribution is 9.11. The van der Waals surface area contributed by atoms with Crippen LogP contribution in [-0.4, -0.2) is 17.5 Å². The summed E-state index contributed by atoms with van der Waals surface area (Å²) in [5.41, 5.74) is 3.75. The number of ether oxygens (including phenoxy) is 1. The number of halogens is 3. The summed E-state index contributed by atoms with van der Waals surface area (Å²) in [6, 6.07) is 21.3. The summed E-state index contributed by atoms with van der Waals surface area (Å²) >= 11 is 10.5. The summed E-state index contributed by atoms with van der Waals surface area (Å²) in [5.74, 6) is 0.897. The number of nitrogens with one attached hydrogen (secondary N) is 1. The number of aryl methyl sites for hydroxylation is 1. The minimum atomic E-state index is -0.267. The van der Waals surface area contributed by atoms with E-state index in [0.717, 1.165) is 35.3 Å². The molecule has 8 heteroatoms. The first kappa shape index (κ1) is 23.1. The predicted molar refractivity (Wildman–Crippen MR) is 145 cm³/mol. The van der Waals surface area contributed by atoms with Gasteiger partial charge < -0.3 is 14.5 Å². The van der Waals surface area contributed by atoms with Gasteiger partial charge in [0.25, 0.3) is 5.91 Å². The van der Waals surface area contributed by atoms with E-state index < -0.39 is 0 Å². The molecule has 34 heavy (non-hydrogen) atoms. The van der Waals surface area contributed by atoms with Crippen molar-refractivity contribution in [3.63, 3.8) is 0 Å². The Hall–Kier alpha value is -2.68. The molecule has 0 saturated carbocycles. The number of hydrogen-bond donors (Lipinski definition) is 1. The molecular weight excluding hydrogens is 628 g/mol. The molecule has 0 radical (unpaired) electrons. The maximum absolute atomic E-state index is 12.5. The third-order valence-electron chi connectivity index (χ3n) is 5.31. The fraction of sp³-hybridized carbons (Fsp3) is 0.0769. The van der Waals surface area contributed by atoms with Crippen molar-refractivity contribution in [2.75, 3.05) is 11.9 Å². The molecule has 0 unspecified atom stereocenters. The zero-order chi connectivity index (χ0) is 23.8. The number of aromatic nitrogens is 1. The summed E-state index contributed by atoms with van der Waals surface area (Å²) in [6.45, 7) is 1.81. The van der Waals surface area contributed by atoms with Crippen LogP contribution in [0.25, 0.3) is 33.3 Å². The van der Waals surface area contributed by atoms with Crippen molar-refractivity contribution in [3.8, 4) is 17.2 Å². The molecule has 170 valence electrons. The molecule has 5 rings (SSSR count). The van der Waals surface area contributed by atoms with Crippen molar-refractivity contribution in [3.05, 3.63) is 85.7 Å². The molecule has 1 aromatic heterocycles. The molecule has 1 amide bonds. The number of benzene rings is 4. The molecule has 5 nitrogen and oxygen atoms in total. The van der Waals surface area contributed by atoms with Crippen LogP contribution in [0.4, 0.5) is 5.69 Å². The Kier molecular flexibility index (Phi) is 6.46. The van der Waals surface area contributed by atoms with E-state index in [1.165, 1.54) is 0 Å². The van der Waals surface area contributed by atoms with Gasteiger partial charge in [0.2, 0.25) is 5.89 Å². The van der Waals surface area contributed by atoms with Gasteiger partial charge in [0.15, 0.2) is 12.2 Å². The number of hydrogen-bond acceptors (Lipinski definition) is 4. The minimum absolute atomic E-state index is 0.117. The maximum Gasteiger partial charge on any atom is 0.262 e. The second-order valence-corrected chi connectivity index (χ2v) is 10.3. The Labute approximate surface area is 220 Å². The van der Waals surface area contributed by atoms with Crippen molar-refractivity contribution < 1.29 is 13.9 Å². The Morgan fingerprint density at radius 2 is 1.76 bits per heavy atom. The maximum atomic E-state index is 12.5. The third-order valence-corrected chi connectivity index (χ3v) is 7.05. The van der Waals surface area contributed by atoms with Crippen molar-refractivity contribution in [1.82, 2.24) is 4.98 Å². The smallest absolute Gasteiger partial charge is 0.262 e. The van der Waals surface area contributed by atoms with Crippen molar-refractivity contribution in [2.45, 2.75) is 6.92 Å². The lowest BCUT2D eigenvalue weighted by Crippen LogP contribution is -2.20. The lowest BCUT2D eigenvalue weighted by atomic mass is 10.0. The molecule has 0 aliphatic carbocycles. The van der Waals surface area contributed by atoms with Crippen LogP contribution in [-0.2, 0) is 4.79 Å². The normalized spacial score (nSPS) is 11.2. The quantitative estimate of drug-likeness (QED) is 0.209. The van der Waals surface area contributed by atoms with Crippen LogP contribution < -0.4 is 10.1 Å². The number of anilines is 1. The van der Waals surface area contributed by atoms with E-state index in [0.29, 0.717) is 28.4 Å². The number of carbonyl (C=O) groups excluding carboxylic acids is 1. The zero-order valence-electron chi connectivity index (χ0n) is 17.9. The molecule has 0 saturated heterocycles. The summed E-state index contributed by atoms with van der Waals surface area (Å²) < 4.78 is 14.5. The molecule has 4 aromatic carbocycles. The Morgan fingerprint density at radius 3 is 2.59 bits per heavy atom. The standard InChI is InChI=1S/C26H17Br3N2O3/c1-14-10-15(27)11-21(29)25(14)33-13-24(32)30-16-8-9-23-22(12-16)31-26(34-23)19-6-2-5-18-17(19)4-3-7-20(18)28/h2-12H,13H2,1H3,(H,30,32). The minimum Gasteiger partial charge on any atom is -0.482 e. The van der Waals surface area contributed by atoms with Gasteiger partial charge in [-0.15, -0.1) is 0 Å². The Bertz CT molecular complexity index is 1540. The molecule has 1 heterocycles. The highest BCUT2D eigenvalue weighted by Gasteiger charge is 2.14. The molecular formula is C26H17Br3N2O3. The third kappa shape index (κ3) is 4.62. The topological polar surface area (TPSA) is 64.4 Å². The van der Waals surface area contributed by atoms with Crippen LogP contribution in [0.3, 0.4) is 0 Å². The first-order valence-electron chi connectivity index (χ1n) is 10.4. The molecule has 0 bridgehead atoms. The second kappa shape index (κ2) is 9.52. The lowest BCUT2D eigenvalue weighted by Gasteiger charge is -2.12. The fourth-order valence-corrected chi connectivity index (χ4v) is 5.84. The molecule has 0 spiro atoms. The van der Waals surface area contributed by atoms with Gasteiger partial charge >= 0.3 is 0 Å². The van der Waals surface area contributed by atoms with Crippen LogP contribution in [0.2, 0.25) is 0 Å². The average Bonchev–Trinajstić information content (AvgIpc) is 3.21. The number of fused-ring (bicyclic) bond motifs is 2. The number of carbonyl (C=O) groups is 1. The first-order valence-corrected chi connectivity index (χ1v) is 12.7. The van der Waals surface area contributed by atoms with Crippen molar-refractivity contribution >= 4 is 81.3 Å². The summed E-state index contributed by atoms with van der Waals surface area (Å²) in [6.07, 6.45) is 0. The van der Waals surface area contributed by atoms with Crippen LogP contribution >= 0.6 is 47.8 Å². The van der Waals surface area contributed by atoms with Gasteiger partial charge in [-0.3, -0.25) is 4.79 Å². The van der Waals surface area contributed by atoms with Gasteiger partial charge in [-0.2, -0.15) is 0 Å². The average molecular weight is 645 g/mol. The summed E-state index contributed by atoms with van der Waals surface area (Å²) in [5, 5.41) is 5.00. The molecule has 0 fully saturated rings. The predicted octanol–water partition coefficient (Wildman–Crippen LogP) is 8.26. The van der Waals surface area contributed by atoms with E-state index in [2.05, 4.69) is 64.2 Å². The van der Waals surface area contributed by atoms with E-state index in [4.69, 9.17) is 9.15 Å². The van der Waals surface area contributed by atoms with E-state index in [1.54, 1.807) is 18.2 Å². The number of amides is 1. The Balaban J connectivity index is 1.36. The highest BCUT2D eigenvalue weighted by Crippen LogP contribution is 2.34. The van der Waals surface area contributed by atoms with Gasteiger partial charge in [0, 0.05) is 20.2 Å². The molecule has 0 atom stereocenters. The second-order valence-electron chi connectivity index (χ2n) is 7.71.